The number of nitrogens with zero attached hydrogens (tertiary/aromatic N) is 1. The van der Waals surface area contributed by atoms with E-state index in [1.54, 1.807) is 0 Å². The maximum absolute atomic E-state index is 5.88. The summed E-state index contributed by atoms with van der Waals surface area (Å²) in [7, 11) is 1.99. The van der Waals surface area contributed by atoms with Crippen molar-refractivity contribution in [1.29, 1.82) is 0 Å². The second kappa shape index (κ2) is 5.41. The molecule has 0 radical (unpaired) electrons. The van der Waals surface area contributed by atoms with Gasteiger partial charge in [0.05, 0.1) is 12.1 Å². The van der Waals surface area contributed by atoms with Crippen LogP contribution >= 0.6 is 0 Å². The zero-order valence-corrected chi connectivity index (χ0v) is 10.0. The van der Waals surface area contributed by atoms with Crippen molar-refractivity contribution in [2.24, 2.45) is 5.92 Å². The molecule has 1 heterocycles. The Labute approximate surface area is 97.2 Å². The van der Waals surface area contributed by atoms with Crippen LogP contribution in [-0.2, 0) is 4.74 Å². The van der Waals surface area contributed by atoms with E-state index in [9.17, 15) is 0 Å². The molecule has 2 rings (SSSR count). The third-order valence-electron chi connectivity index (χ3n) is 3.13. The van der Waals surface area contributed by atoms with E-state index in [0.29, 0.717) is 6.10 Å². The Kier molecular flexibility index (Phi) is 3.91. The van der Waals surface area contributed by atoms with Crippen molar-refractivity contribution in [3.05, 3.63) is 30.1 Å². The van der Waals surface area contributed by atoms with Gasteiger partial charge in [0.1, 0.15) is 0 Å². The predicted octanol–water partition coefficient (Wildman–Crippen LogP) is 2.16. The molecule has 1 N–H and O–H groups in total. The smallest absolute Gasteiger partial charge is 0.0798 e. The molecule has 1 saturated carbocycles. The van der Waals surface area contributed by atoms with Crippen LogP contribution in [0, 0.1) is 5.92 Å². The van der Waals surface area contributed by atoms with Gasteiger partial charge in [0.2, 0.25) is 0 Å². The number of hydrogen-bond acceptors (Lipinski definition) is 3. The quantitative estimate of drug-likeness (QED) is 0.797. The van der Waals surface area contributed by atoms with E-state index in [0.717, 1.165) is 12.5 Å². The molecule has 0 spiro atoms. The molecule has 1 aliphatic carbocycles. The predicted molar refractivity (Wildman–Crippen MR) is 64.2 cm³/mol. The molecule has 1 aromatic heterocycles. The molecular formula is C13H20N2O. The first kappa shape index (κ1) is 11.6. The summed E-state index contributed by atoms with van der Waals surface area (Å²) in [5, 5.41) is 3.36. The van der Waals surface area contributed by atoms with E-state index in [-0.39, 0.29) is 6.04 Å². The molecule has 0 aliphatic heterocycles. The lowest BCUT2D eigenvalue weighted by molar-refractivity contribution is 0.0204. The van der Waals surface area contributed by atoms with E-state index < -0.39 is 0 Å². The van der Waals surface area contributed by atoms with E-state index in [1.807, 2.05) is 25.5 Å². The van der Waals surface area contributed by atoms with E-state index in [2.05, 4.69) is 23.3 Å². The van der Waals surface area contributed by atoms with Crippen LogP contribution < -0.4 is 5.32 Å². The van der Waals surface area contributed by atoms with Crippen molar-refractivity contribution >= 4 is 0 Å². The van der Waals surface area contributed by atoms with Gasteiger partial charge in [-0.25, -0.2) is 0 Å². The minimum absolute atomic E-state index is 0.265. The molecule has 2 unspecified atom stereocenters. The van der Waals surface area contributed by atoms with Gasteiger partial charge in [-0.3, -0.25) is 4.98 Å². The number of nitrogens with one attached hydrogen (secondary N) is 1. The number of likely N-dealkylation sites (N-methyl/N-ethyl adjacent to an activating group) is 1. The van der Waals surface area contributed by atoms with Crippen LogP contribution in [0.15, 0.2) is 24.5 Å². The SMILES string of the molecule is CCOC(C1CC1)C(NC)c1cccnc1. The molecule has 0 saturated heterocycles. The number of pyridine rings is 1. The topological polar surface area (TPSA) is 34.1 Å². The summed E-state index contributed by atoms with van der Waals surface area (Å²) in [5.41, 5.74) is 1.22. The summed E-state index contributed by atoms with van der Waals surface area (Å²) in [6, 6.07) is 4.36. The van der Waals surface area contributed by atoms with E-state index >= 15 is 0 Å². The summed E-state index contributed by atoms with van der Waals surface area (Å²) in [6.45, 7) is 2.84. The highest BCUT2D eigenvalue weighted by molar-refractivity contribution is 5.16. The molecule has 0 amide bonds. The number of aromatic nitrogens is 1. The Balaban J connectivity index is 2.13. The Hall–Kier alpha value is -0.930. The van der Waals surface area contributed by atoms with Crippen molar-refractivity contribution in [3.8, 4) is 0 Å². The Bertz CT molecular complexity index is 311. The highest BCUT2D eigenvalue weighted by Gasteiger charge is 2.37. The second-order valence-electron chi connectivity index (χ2n) is 4.31. The number of ether oxygens (including phenoxy) is 1. The number of rotatable bonds is 6. The molecule has 1 fully saturated rings. The molecule has 0 aromatic carbocycles. The normalized spacial score (nSPS) is 19.4. The Morgan fingerprint density at radius 3 is 2.88 bits per heavy atom. The van der Waals surface area contributed by atoms with Gasteiger partial charge in [-0.2, -0.15) is 0 Å². The average Bonchev–Trinajstić information content (AvgIpc) is 3.14. The lowest BCUT2D eigenvalue weighted by atomic mass is 10.00. The van der Waals surface area contributed by atoms with Crippen LogP contribution in [0.2, 0.25) is 0 Å². The van der Waals surface area contributed by atoms with Crippen LogP contribution in [0.5, 0.6) is 0 Å². The van der Waals surface area contributed by atoms with E-state index in [4.69, 9.17) is 4.74 Å². The summed E-state index contributed by atoms with van der Waals surface area (Å²) >= 11 is 0. The van der Waals surface area contributed by atoms with Crippen molar-refractivity contribution in [1.82, 2.24) is 10.3 Å². The zero-order chi connectivity index (χ0) is 11.4. The molecule has 3 nitrogen and oxygen atoms in total. The third-order valence-corrected chi connectivity index (χ3v) is 3.13. The monoisotopic (exact) mass is 220 g/mol. The zero-order valence-electron chi connectivity index (χ0n) is 10.0. The molecule has 1 aliphatic rings. The van der Waals surface area contributed by atoms with Crippen molar-refractivity contribution in [2.75, 3.05) is 13.7 Å². The van der Waals surface area contributed by atoms with Crippen LogP contribution in [-0.4, -0.2) is 24.7 Å². The van der Waals surface area contributed by atoms with Gasteiger partial charge in [-0.15, -0.1) is 0 Å². The van der Waals surface area contributed by atoms with Gasteiger partial charge in [0.15, 0.2) is 0 Å². The first-order valence-electron chi connectivity index (χ1n) is 6.05. The maximum Gasteiger partial charge on any atom is 0.0798 e. The van der Waals surface area contributed by atoms with Gasteiger partial charge in [0.25, 0.3) is 0 Å². The first-order valence-corrected chi connectivity index (χ1v) is 6.05. The average molecular weight is 220 g/mol. The first-order chi connectivity index (χ1) is 7.86. The summed E-state index contributed by atoms with van der Waals surface area (Å²) < 4.78 is 5.88. The van der Waals surface area contributed by atoms with Crippen molar-refractivity contribution in [3.63, 3.8) is 0 Å². The Morgan fingerprint density at radius 2 is 2.38 bits per heavy atom. The van der Waals surface area contributed by atoms with Crippen molar-refractivity contribution < 1.29 is 4.74 Å². The summed E-state index contributed by atoms with van der Waals surface area (Å²) in [4.78, 5) is 4.18. The van der Waals surface area contributed by atoms with Crippen LogP contribution in [0.1, 0.15) is 31.4 Å². The molecule has 2 atom stereocenters. The van der Waals surface area contributed by atoms with Gasteiger partial charge < -0.3 is 10.1 Å². The van der Waals surface area contributed by atoms with Gasteiger partial charge in [-0.05, 0) is 44.4 Å². The van der Waals surface area contributed by atoms with Crippen LogP contribution in [0.4, 0.5) is 0 Å². The molecule has 3 heteroatoms. The maximum atomic E-state index is 5.88. The molecule has 0 bridgehead atoms. The molecule has 1 aromatic rings. The largest absolute Gasteiger partial charge is 0.376 e. The highest BCUT2D eigenvalue weighted by atomic mass is 16.5. The second-order valence-corrected chi connectivity index (χ2v) is 4.31. The fraction of sp³-hybridized carbons (Fsp3) is 0.615. The standard InChI is InChI=1S/C13H20N2O/c1-3-16-13(10-6-7-10)12(14-2)11-5-4-8-15-9-11/h4-5,8-10,12-14H,3,6-7H2,1-2H3. The van der Waals surface area contributed by atoms with Crippen molar-refractivity contribution in [2.45, 2.75) is 31.9 Å². The number of hydrogen-bond donors (Lipinski definition) is 1. The lowest BCUT2D eigenvalue weighted by Crippen LogP contribution is -2.33. The lowest BCUT2D eigenvalue weighted by Gasteiger charge is -2.26. The summed E-state index contributed by atoms with van der Waals surface area (Å²) in [5.74, 6) is 0.720. The highest BCUT2D eigenvalue weighted by Crippen LogP contribution is 2.39. The van der Waals surface area contributed by atoms with Gasteiger partial charge in [0, 0.05) is 19.0 Å². The fourth-order valence-electron chi connectivity index (χ4n) is 2.20. The van der Waals surface area contributed by atoms with Crippen LogP contribution in [0.3, 0.4) is 0 Å². The minimum atomic E-state index is 0.265. The molecule has 88 valence electrons. The van der Waals surface area contributed by atoms with E-state index in [1.165, 1.54) is 18.4 Å². The van der Waals surface area contributed by atoms with Crippen LogP contribution in [0.25, 0.3) is 0 Å². The molecule has 16 heavy (non-hydrogen) atoms. The third kappa shape index (κ3) is 2.60. The van der Waals surface area contributed by atoms with Gasteiger partial charge in [-0.1, -0.05) is 6.07 Å². The molecular weight excluding hydrogens is 200 g/mol. The fourth-order valence-corrected chi connectivity index (χ4v) is 2.20. The summed E-state index contributed by atoms with van der Waals surface area (Å²) in [6.07, 6.45) is 6.62. The Morgan fingerprint density at radius 1 is 1.56 bits per heavy atom. The van der Waals surface area contributed by atoms with Gasteiger partial charge >= 0.3 is 0 Å². The minimum Gasteiger partial charge on any atom is -0.376 e.